The molecule has 1 unspecified atom stereocenters. The Morgan fingerprint density at radius 3 is 2.50 bits per heavy atom. The number of para-hydroxylation sites is 2. The number of rotatable bonds is 2. The SMILES string of the molecule is CN1C(=O)C(c2c[nH]c3ccccc23)=C(C2[CH-]Nc3ccccc32)C1=O.[Pd].[Pd]. The molecule has 5 rings (SSSR count). The van der Waals surface area contributed by atoms with Crippen LogP contribution in [-0.2, 0) is 50.4 Å². The van der Waals surface area contributed by atoms with Crippen LogP contribution in [0.15, 0.2) is 60.3 Å². The summed E-state index contributed by atoms with van der Waals surface area (Å²) in [6.07, 6.45) is 1.82. The Balaban J connectivity index is 0.00000112. The molecule has 0 radical (unpaired) electrons. The van der Waals surface area contributed by atoms with Crippen LogP contribution < -0.4 is 5.32 Å². The van der Waals surface area contributed by atoms with E-state index >= 15 is 0 Å². The van der Waals surface area contributed by atoms with E-state index in [0.717, 1.165) is 27.7 Å². The zero-order valence-corrected chi connectivity index (χ0v) is 17.9. The van der Waals surface area contributed by atoms with Crippen molar-refractivity contribution in [2.75, 3.05) is 12.4 Å². The van der Waals surface area contributed by atoms with Crippen LogP contribution in [0.5, 0.6) is 0 Å². The van der Waals surface area contributed by atoms with Crippen LogP contribution in [0.2, 0.25) is 0 Å². The summed E-state index contributed by atoms with van der Waals surface area (Å²) in [6.45, 7) is 1.89. The normalized spacial score (nSPS) is 18.0. The number of hydrogen-bond acceptors (Lipinski definition) is 3. The van der Waals surface area contributed by atoms with Crippen molar-refractivity contribution < 1.29 is 50.4 Å². The number of imide groups is 1. The van der Waals surface area contributed by atoms with Gasteiger partial charge in [-0.15, -0.1) is 0 Å². The van der Waals surface area contributed by atoms with Gasteiger partial charge >= 0.3 is 0 Å². The summed E-state index contributed by atoms with van der Waals surface area (Å²) in [5, 5.41) is 4.17. The average Bonchev–Trinajstić information content (AvgIpc) is 3.33. The van der Waals surface area contributed by atoms with Gasteiger partial charge in [-0.05, 0) is 17.7 Å². The fourth-order valence-corrected chi connectivity index (χ4v) is 3.89. The Morgan fingerprint density at radius 1 is 0.964 bits per heavy atom. The number of benzene rings is 2. The number of amides is 2. The van der Waals surface area contributed by atoms with Crippen LogP contribution in [0.1, 0.15) is 17.0 Å². The number of aromatic nitrogens is 1. The van der Waals surface area contributed by atoms with E-state index in [-0.39, 0.29) is 58.6 Å². The third kappa shape index (κ3) is 2.91. The fourth-order valence-electron chi connectivity index (χ4n) is 3.89. The van der Waals surface area contributed by atoms with Gasteiger partial charge in [-0.2, -0.15) is 0 Å². The largest absolute Gasteiger partial charge is 0.534 e. The smallest absolute Gasteiger partial charge is 0.261 e. The number of nitrogens with one attached hydrogen (secondary N) is 2. The molecule has 2 N–H and O–H groups in total. The van der Waals surface area contributed by atoms with Gasteiger partial charge in [0, 0.05) is 81.8 Å². The van der Waals surface area contributed by atoms with Gasteiger partial charge in [-0.3, -0.25) is 14.5 Å². The molecule has 0 fully saturated rings. The molecular weight excluding hydrogens is 539 g/mol. The zero-order valence-electron chi connectivity index (χ0n) is 14.7. The third-order valence-electron chi connectivity index (χ3n) is 5.19. The molecule has 7 heteroatoms. The molecular formula is C21H16N3O2Pd2-. The van der Waals surface area contributed by atoms with Crippen molar-refractivity contribution >= 4 is 34.0 Å². The Hall–Kier alpha value is -2.02. The number of aromatic amines is 1. The van der Waals surface area contributed by atoms with Crippen molar-refractivity contribution in [3.05, 3.63) is 78.0 Å². The fraction of sp³-hybridized carbons (Fsp3) is 0.0952. The number of carbonyl (C=O) groups is 2. The molecule has 1 atom stereocenters. The van der Waals surface area contributed by atoms with Gasteiger partial charge in [-0.1, -0.05) is 42.3 Å². The van der Waals surface area contributed by atoms with Gasteiger partial charge in [-0.25, -0.2) is 6.54 Å². The molecule has 28 heavy (non-hydrogen) atoms. The van der Waals surface area contributed by atoms with E-state index in [4.69, 9.17) is 0 Å². The Bertz CT molecular complexity index is 1120. The first-order valence-electron chi connectivity index (χ1n) is 8.48. The van der Waals surface area contributed by atoms with Crippen LogP contribution in [0.4, 0.5) is 5.69 Å². The first-order valence-corrected chi connectivity index (χ1v) is 8.48. The van der Waals surface area contributed by atoms with Gasteiger partial charge in [0.05, 0.1) is 5.57 Å². The second kappa shape index (κ2) is 7.78. The van der Waals surface area contributed by atoms with Crippen molar-refractivity contribution in [1.29, 1.82) is 0 Å². The first-order chi connectivity index (χ1) is 12.7. The van der Waals surface area contributed by atoms with Crippen molar-refractivity contribution in [1.82, 2.24) is 9.88 Å². The minimum Gasteiger partial charge on any atom is -0.534 e. The van der Waals surface area contributed by atoms with Gasteiger partial charge in [0.1, 0.15) is 0 Å². The van der Waals surface area contributed by atoms with Gasteiger partial charge < -0.3 is 10.3 Å². The third-order valence-corrected chi connectivity index (χ3v) is 5.19. The summed E-state index contributed by atoms with van der Waals surface area (Å²) < 4.78 is 0. The predicted molar refractivity (Wildman–Crippen MR) is 100 cm³/mol. The van der Waals surface area contributed by atoms with Crippen LogP contribution >= 0.6 is 0 Å². The Morgan fingerprint density at radius 2 is 1.68 bits per heavy atom. The molecule has 2 aliphatic heterocycles. The molecule has 0 aliphatic carbocycles. The maximum absolute atomic E-state index is 12.9. The zero-order chi connectivity index (χ0) is 17.8. The van der Waals surface area contributed by atoms with Gasteiger partial charge in [0.2, 0.25) is 0 Å². The molecule has 2 aliphatic rings. The molecule has 2 amide bonds. The van der Waals surface area contributed by atoms with E-state index in [0.29, 0.717) is 11.1 Å². The molecule has 0 bridgehead atoms. The van der Waals surface area contributed by atoms with Crippen molar-refractivity contribution in [2.24, 2.45) is 0 Å². The van der Waals surface area contributed by atoms with Crippen LogP contribution in [-0.4, -0.2) is 28.7 Å². The number of likely N-dealkylation sites (N-methyl/N-ethyl adjacent to an activating group) is 1. The summed E-state index contributed by atoms with van der Waals surface area (Å²) in [5.41, 5.74) is 4.71. The number of hydrogen-bond donors (Lipinski definition) is 2. The number of nitrogens with zero attached hydrogens (tertiary/aromatic N) is 1. The van der Waals surface area contributed by atoms with E-state index in [9.17, 15) is 9.59 Å². The van der Waals surface area contributed by atoms with Gasteiger partial charge in [0.25, 0.3) is 11.8 Å². The Kier molecular flexibility index (Phi) is 5.75. The predicted octanol–water partition coefficient (Wildman–Crippen LogP) is 3.29. The van der Waals surface area contributed by atoms with E-state index < -0.39 is 0 Å². The van der Waals surface area contributed by atoms with Crippen LogP contribution in [0, 0.1) is 6.54 Å². The van der Waals surface area contributed by atoms with Gasteiger partial charge in [0.15, 0.2) is 0 Å². The summed E-state index contributed by atoms with van der Waals surface area (Å²) in [5.74, 6) is -0.751. The maximum Gasteiger partial charge on any atom is 0.261 e. The second-order valence-corrected chi connectivity index (χ2v) is 6.58. The molecule has 0 spiro atoms. The molecule has 1 aromatic heterocycles. The number of fused-ring (bicyclic) bond motifs is 2. The van der Waals surface area contributed by atoms with Crippen LogP contribution in [0.25, 0.3) is 16.5 Å². The molecule has 5 nitrogen and oxygen atoms in total. The second-order valence-electron chi connectivity index (χ2n) is 6.58. The average molecular weight is 555 g/mol. The molecule has 0 saturated heterocycles. The molecule has 2 aromatic carbocycles. The molecule has 148 valence electrons. The summed E-state index contributed by atoms with van der Waals surface area (Å²) in [4.78, 5) is 30.3. The summed E-state index contributed by atoms with van der Waals surface area (Å²) in [6, 6.07) is 15.7. The molecule has 3 heterocycles. The first kappa shape index (κ1) is 20.7. The van der Waals surface area contributed by atoms with E-state index in [1.54, 1.807) is 7.05 Å². The van der Waals surface area contributed by atoms with Crippen LogP contribution in [0.3, 0.4) is 0 Å². The Labute approximate surface area is 189 Å². The number of anilines is 1. The minimum absolute atomic E-state index is 0. The quantitative estimate of drug-likeness (QED) is 0.290. The number of carbonyl (C=O) groups excluding carboxylic acids is 2. The maximum atomic E-state index is 12.9. The van der Waals surface area contributed by atoms with E-state index in [2.05, 4.69) is 10.3 Å². The summed E-state index contributed by atoms with van der Waals surface area (Å²) >= 11 is 0. The van der Waals surface area contributed by atoms with E-state index in [1.807, 2.05) is 61.3 Å². The van der Waals surface area contributed by atoms with Crippen molar-refractivity contribution in [3.8, 4) is 0 Å². The van der Waals surface area contributed by atoms with E-state index in [1.165, 1.54) is 4.90 Å². The minimum atomic E-state index is -0.257. The molecule has 3 aromatic rings. The topological polar surface area (TPSA) is 65.2 Å². The number of H-pyrrole nitrogens is 1. The summed E-state index contributed by atoms with van der Waals surface area (Å²) in [7, 11) is 1.54. The molecule has 0 saturated carbocycles. The standard InChI is InChI=1S/C21H16N3O2.2Pd/c1-24-20(25)18(14-10-22-16-8-4-2-6-12(14)16)19(21(24)26)15-11-23-17-9-5-3-7-13(15)17;;/h2-11,14,22-23H,1H3;;/q-1;;. The van der Waals surface area contributed by atoms with Crippen molar-refractivity contribution in [3.63, 3.8) is 0 Å². The van der Waals surface area contributed by atoms with Crippen molar-refractivity contribution in [2.45, 2.75) is 5.92 Å². The monoisotopic (exact) mass is 554 g/mol.